The number of hydrogen-bond donors (Lipinski definition) is 2. The van der Waals surface area contributed by atoms with Crippen LogP contribution < -0.4 is 0 Å². The Morgan fingerprint density at radius 3 is 2.86 bits per heavy atom. The molecule has 2 N–H and O–H groups in total. The Kier molecular flexibility index (Phi) is 4.48. The number of hydrogen-bond acceptors (Lipinski definition) is 2. The molecule has 0 saturated carbocycles. The van der Waals surface area contributed by atoms with Crippen LogP contribution in [-0.2, 0) is 11.2 Å². The summed E-state index contributed by atoms with van der Waals surface area (Å²) in [6, 6.07) is 8.37. The van der Waals surface area contributed by atoms with E-state index in [0.29, 0.717) is 12.3 Å². The number of rotatable bonds is 4. The van der Waals surface area contributed by atoms with Crippen LogP contribution in [0.1, 0.15) is 31.7 Å². The highest BCUT2D eigenvalue weighted by molar-refractivity contribution is 5.80. The maximum absolute atomic E-state index is 12.3. The topological polar surface area (TPSA) is 56.3 Å². The van der Waals surface area contributed by atoms with Crippen LogP contribution >= 0.6 is 0 Å². The molecule has 1 aromatic heterocycles. The number of carbonyl (C=O) groups is 1. The van der Waals surface area contributed by atoms with Gasteiger partial charge in [-0.2, -0.15) is 0 Å². The molecule has 1 aliphatic rings. The zero-order chi connectivity index (χ0) is 15.5. The summed E-state index contributed by atoms with van der Waals surface area (Å²) in [6.07, 6.45) is 4.86. The van der Waals surface area contributed by atoms with Crippen LogP contribution in [0.5, 0.6) is 0 Å². The van der Waals surface area contributed by atoms with Crippen molar-refractivity contribution in [3.05, 3.63) is 36.0 Å². The molecule has 1 unspecified atom stereocenters. The molecule has 1 aliphatic heterocycles. The number of carbonyl (C=O) groups excluding carboxylic acids is 1. The van der Waals surface area contributed by atoms with Gasteiger partial charge in [-0.05, 0) is 61.3 Å². The number of benzene rings is 1. The van der Waals surface area contributed by atoms with Gasteiger partial charge in [0.05, 0.1) is 6.10 Å². The smallest absolute Gasteiger partial charge is 0.222 e. The zero-order valence-corrected chi connectivity index (χ0v) is 13.1. The van der Waals surface area contributed by atoms with E-state index in [-0.39, 0.29) is 12.0 Å². The molecule has 1 atom stereocenters. The van der Waals surface area contributed by atoms with Crippen LogP contribution in [0.25, 0.3) is 10.9 Å². The Morgan fingerprint density at radius 1 is 1.36 bits per heavy atom. The van der Waals surface area contributed by atoms with Crippen LogP contribution in [0.3, 0.4) is 0 Å². The second kappa shape index (κ2) is 6.53. The number of amides is 1. The van der Waals surface area contributed by atoms with E-state index in [2.05, 4.69) is 29.2 Å². The highest BCUT2D eigenvalue weighted by Crippen LogP contribution is 2.21. The molecule has 0 aliphatic carbocycles. The summed E-state index contributed by atoms with van der Waals surface area (Å²) in [7, 11) is 0. The van der Waals surface area contributed by atoms with Gasteiger partial charge in [-0.3, -0.25) is 4.79 Å². The van der Waals surface area contributed by atoms with E-state index in [4.69, 9.17) is 0 Å². The predicted octanol–water partition coefficient (Wildman–Crippen LogP) is 2.72. The zero-order valence-electron chi connectivity index (χ0n) is 13.1. The molecule has 0 spiro atoms. The molecular weight excluding hydrogens is 276 g/mol. The lowest BCUT2D eigenvalue weighted by Crippen LogP contribution is -2.40. The standard InChI is InChI=1S/C18H24N2O2/c1-13(21)15-7-10-20(11-8-15)18(22)5-3-14-2-4-17-16(12-14)6-9-19-17/h2,4,6,9,12-13,15,19,21H,3,5,7-8,10-11H2,1H3. The number of aromatic amines is 1. The van der Waals surface area contributed by atoms with Crippen LogP contribution in [0.2, 0.25) is 0 Å². The van der Waals surface area contributed by atoms with E-state index in [1.165, 1.54) is 10.9 Å². The quantitative estimate of drug-likeness (QED) is 0.912. The van der Waals surface area contributed by atoms with Crippen molar-refractivity contribution in [3.8, 4) is 0 Å². The van der Waals surface area contributed by atoms with Gasteiger partial charge in [0.1, 0.15) is 0 Å². The Labute approximate surface area is 131 Å². The largest absolute Gasteiger partial charge is 0.393 e. The Hall–Kier alpha value is -1.81. The number of nitrogens with zero attached hydrogens (tertiary/aromatic N) is 1. The maximum Gasteiger partial charge on any atom is 0.222 e. The van der Waals surface area contributed by atoms with Gasteiger partial charge >= 0.3 is 0 Å². The lowest BCUT2D eigenvalue weighted by molar-refractivity contribution is -0.133. The molecule has 4 heteroatoms. The summed E-state index contributed by atoms with van der Waals surface area (Å²) in [5.74, 6) is 0.582. The summed E-state index contributed by atoms with van der Waals surface area (Å²) in [4.78, 5) is 17.5. The average molecular weight is 300 g/mol. The normalized spacial score (nSPS) is 17.8. The molecule has 1 saturated heterocycles. The van der Waals surface area contributed by atoms with Crippen LogP contribution in [0, 0.1) is 5.92 Å². The summed E-state index contributed by atoms with van der Waals surface area (Å²) in [5.41, 5.74) is 2.34. The van der Waals surface area contributed by atoms with E-state index in [9.17, 15) is 9.90 Å². The van der Waals surface area contributed by atoms with Crippen molar-refractivity contribution in [2.75, 3.05) is 13.1 Å². The molecule has 118 valence electrons. The first kappa shape index (κ1) is 15.1. The van der Waals surface area contributed by atoms with E-state index in [0.717, 1.165) is 37.9 Å². The van der Waals surface area contributed by atoms with Crippen LogP contribution in [0.15, 0.2) is 30.5 Å². The number of piperidine rings is 1. The van der Waals surface area contributed by atoms with E-state index in [1.54, 1.807) is 0 Å². The molecule has 1 fully saturated rings. The Bertz CT molecular complexity index is 639. The minimum Gasteiger partial charge on any atom is -0.393 e. The SMILES string of the molecule is CC(O)C1CCN(C(=O)CCc2ccc3[nH]ccc3c2)CC1. The summed E-state index contributed by atoms with van der Waals surface area (Å²) < 4.78 is 0. The molecule has 2 aromatic rings. The molecule has 1 aromatic carbocycles. The Morgan fingerprint density at radius 2 is 2.14 bits per heavy atom. The third kappa shape index (κ3) is 3.33. The Balaban J connectivity index is 1.52. The fourth-order valence-corrected chi connectivity index (χ4v) is 3.30. The molecule has 2 heterocycles. The van der Waals surface area contributed by atoms with Crippen LogP contribution in [0.4, 0.5) is 0 Å². The van der Waals surface area contributed by atoms with Gasteiger partial charge in [-0.25, -0.2) is 0 Å². The minimum absolute atomic E-state index is 0.234. The molecule has 3 rings (SSSR count). The van der Waals surface area contributed by atoms with Gasteiger partial charge in [0, 0.05) is 31.2 Å². The van der Waals surface area contributed by atoms with Gasteiger partial charge < -0.3 is 15.0 Å². The van der Waals surface area contributed by atoms with E-state index >= 15 is 0 Å². The number of likely N-dealkylation sites (tertiary alicyclic amines) is 1. The maximum atomic E-state index is 12.3. The number of nitrogens with one attached hydrogen (secondary N) is 1. The van der Waals surface area contributed by atoms with Crippen LogP contribution in [-0.4, -0.2) is 40.1 Å². The molecule has 0 bridgehead atoms. The van der Waals surface area contributed by atoms with Crippen molar-refractivity contribution in [3.63, 3.8) is 0 Å². The summed E-state index contributed by atoms with van der Waals surface area (Å²) in [6.45, 7) is 3.41. The minimum atomic E-state index is -0.259. The number of fused-ring (bicyclic) bond motifs is 1. The number of aromatic nitrogens is 1. The highest BCUT2D eigenvalue weighted by atomic mass is 16.3. The van der Waals surface area contributed by atoms with Crippen molar-refractivity contribution in [2.24, 2.45) is 5.92 Å². The average Bonchev–Trinajstić information content (AvgIpc) is 3.00. The van der Waals surface area contributed by atoms with Gasteiger partial charge in [0.15, 0.2) is 0 Å². The molecule has 4 nitrogen and oxygen atoms in total. The highest BCUT2D eigenvalue weighted by Gasteiger charge is 2.25. The first-order valence-electron chi connectivity index (χ1n) is 8.15. The molecule has 0 radical (unpaired) electrons. The summed E-state index contributed by atoms with van der Waals surface area (Å²) >= 11 is 0. The first-order valence-corrected chi connectivity index (χ1v) is 8.15. The van der Waals surface area contributed by atoms with Crippen molar-refractivity contribution < 1.29 is 9.90 Å². The number of aliphatic hydroxyl groups excluding tert-OH is 1. The molecule has 1 amide bonds. The van der Waals surface area contributed by atoms with E-state index in [1.807, 2.05) is 18.0 Å². The van der Waals surface area contributed by atoms with Crippen molar-refractivity contribution in [1.82, 2.24) is 9.88 Å². The van der Waals surface area contributed by atoms with Crippen molar-refractivity contribution in [2.45, 2.75) is 38.7 Å². The predicted molar refractivity (Wildman–Crippen MR) is 87.6 cm³/mol. The van der Waals surface area contributed by atoms with Crippen molar-refractivity contribution in [1.29, 1.82) is 0 Å². The van der Waals surface area contributed by atoms with Crippen molar-refractivity contribution >= 4 is 16.8 Å². The number of H-pyrrole nitrogens is 1. The number of aryl methyl sites for hydroxylation is 1. The monoisotopic (exact) mass is 300 g/mol. The fourth-order valence-electron chi connectivity index (χ4n) is 3.30. The van der Waals surface area contributed by atoms with Gasteiger partial charge in [0.25, 0.3) is 0 Å². The molecular formula is C18H24N2O2. The third-order valence-corrected chi connectivity index (χ3v) is 4.82. The lowest BCUT2D eigenvalue weighted by atomic mass is 9.92. The second-order valence-electron chi connectivity index (χ2n) is 6.36. The fraction of sp³-hybridized carbons (Fsp3) is 0.500. The van der Waals surface area contributed by atoms with Gasteiger partial charge in [0.2, 0.25) is 5.91 Å². The summed E-state index contributed by atoms with van der Waals surface area (Å²) in [5, 5.41) is 10.8. The third-order valence-electron chi connectivity index (χ3n) is 4.82. The lowest BCUT2D eigenvalue weighted by Gasteiger charge is -2.33. The number of aliphatic hydroxyl groups is 1. The second-order valence-corrected chi connectivity index (χ2v) is 6.36. The van der Waals surface area contributed by atoms with E-state index < -0.39 is 0 Å². The van der Waals surface area contributed by atoms with Gasteiger partial charge in [-0.1, -0.05) is 6.07 Å². The first-order chi connectivity index (χ1) is 10.6. The molecule has 22 heavy (non-hydrogen) atoms. The van der Waals surface area contributed by atoms with Gasteiger partial charge in [-0.15, -0.1) is 0 Å².